The van der Waals surface area contributed by atoms with E-state index in [4.69, 9.17) is 13.6 Å². The first kappa shape index (κ1) is 21.4. The third kappa shape index (κ3) is 3.59. The average molecular weight is 459 g/mol. The van der Waals surface area contributed by atoms with E-state index in [1.165, 1.54) is 17.2 Å². The Bertz CT molecular complexity index is 1380. The van der Waals surface area contributed by atoms with E-state index in [-0.39, 0.29) is 29.4 Å². The van der Waals surface area contributed by atoms with Crippen LogP contribution in [0.25, 0.3) is 11.0 Å². The molecule has 8 heteroatoms. The maximum atomic E-state index is 13.6. The van der Waals surface area contributed by atoms with Gasteiger partial charge in [0.05, 0.1) is 31.0 Å². The number of aliphatic hydroxyl groups excluding tert-OH is 1. The number of phenolic OH excluding ortho intramolecular Hbond substituents is 1. The van der Waals surface area contributed by atoms with Gasteiger partial charge in [-0.15, -0.1) is 0 Å². The average Bonchev–Trinajstić information content (AvgIpc) is 3.56. The van der Waals surface area contributed by atoms with Crippen LogP contribution in [0.3, 0.4) is 0 Å². The molecule has 0 radical (unpaired) electrons. The number of hydrogen-bond donors (Lipinski definition) is 2. The van der Waals surface area contributed by atoms with Gasteiger partial charge in [-0.25, -0.2) is 0 Å². The van der Waals surface area contributed by atoms with Gasteiger partial charge in [0.15, 0.2) is 23.0 Å². The summed E-state index contributed by atoms with van der Waals surface area (Å²) in [6, 6.07) is 15.7. The van der Waals surface area contributed by atoms with E-state index in [1.54, 1.807) is 55.5 Å². The fourth-order valence-electron chi connectivity index (χ4n) is 4.16. The number of Topliss-reactive ketones (excluding diaryl/α,β-unsaturated/α-hetero) is 1. The molecule has 0 saturated heterocycles. The molecule has 3 heterocycles. The van der Waals surface area contributed by atoms with Gasteiger partial charge in [0.1, 0.15) is 11.3 Å². The van der Waals surface area contributed by atoms with Crippen LogP contribution in [0.5, 0.6) is 11.5 Å². The first-order chi connectivity index (χ1) is 16.5. The molecule has 4 aromatic rings. The maximum absolute atomic E-state index is 13.6. The highest BCUT2D eigenvalue weighted by Gasteiger charge is 2.45. The van der Waals surface area contributed by atoms with E-state index in [0.717, 1.165) is 5.39 Å². The van der Waals surface area contributed by atoms with Crippen LogP contribution < -0.4 is 4.74 Å². The minimum absolute atomic E-state index is 0.00390. The lowest BCUT2D eigenvalue weighted by Gasteiger charge is -2.26. The molecule has 1 amide bonds. The first-order valence-corrected chi connectivity index (χ1v) is 10.7. The molecular formula is C26H21NO7. The summed E-state index contributed by atoms with van der Waals surface area (Å²) in [5, 5.41) is 21.7. The Labute approximate surface area is 194 Å². The third-order valence-electron chi connectivity index (χ3n) is 5.70. The summed E-state index contributed by atoms with van der Waals surface area (Å²) in [5.74, 6) is -1.38. The predicted molar refractivity (Wildman–Crippen MR) is 121 cm³/mol. The molecule has 2 aromatic carbocycles. The van der Waals surface area contributed by atoms with Crippen molar-refractivity contribution in [3.05, 3.63) is 95.3 Å². The Morgan fingerprint density at radius 3 is 2.65 bits per heavy atom. The Balaban J connectivity index is 1.62. The van der Waals surface area contributed by atoms with Gasteiger partial charge in [0.25, 0.3) is 5.91 Å². The molecule has 0 unspecified atom stereocenters. The van der Waals surface area contributed by atoms with Crippen molar-refractivity contribution in [3.8, 4) is 11.5 Å². The normalized spacial score (nSPS) is 16.0. The molecule has 172 valence electrons. The minimum Gasteiger partial charge on any atom is -0.504 e. The minimum atomic E-state index is -0.960. The van der Waals surface area contributed by atoms with Gasteiger partial charge in [0.2, 0.25) is 5.78 Å². The fourth-order valence-corrected chi connectivity index (χ4v) is 4.16. The topological polar surface area (TPSA) is 113 Å². The molecule has 0 fully saturated rings. The maximum Gasteiger partial charge on any atom is 0.290 e. The van der Waals surface area contributed by atoms with Crippen LogP contribution in [-0.4, -0.2) is 33.4 Å². The van der Waals surface area contributed by atoms with Crippen molar-refractivity contribution < 1.29 is 33.4 Å². The highest BCUT2D eigenvalue weighted by Crippen LogP contribution is 2.42. The van der Waals surface area contributed by atoms with Crippen molar-refractivity contribution in [2.75, 3.05) is 6.61 Å². The molecule has 2 N–H and O–H groups in total. The van der Waals surface area contributed by atoms with Crippen LogP contribution in [0.1, 0.15) is 34.8 Å². The molecular weight excluding hydrogens is 438 g/mol. The molecule has 0 bridgehead atoms. The van der Waals surface area contributed by atoms with E-state index in [9.17, 15) is 19.8 Å². The second-order valence-electron chi connectivity index (χ2n) is 7.82. The molecule has 1 aliphatic heterocycles. The summed E-state index contributed by atoms with van der Waals surface area (Å²) in [6.07, 6.45) is 1.48. The van der Waals surface area contributed by atoms with E-state index in [0.29, 0.717) is 23.5 Å². The number of fused-ring (bicyclic) bond motifs is 1. The second-order valence-corrected chi connectivity index (χ2v) is 7.82. The first-order valence-electron chi connectivity index (χ1n) is 10.7. The zero-order chi connectivity index (χ0) is 23.8. The number of hydrogen-bond acceptors (Lipinski definition) is 7. The molecule has 2 aromatic heterocycles. The number of phenols is 1. The summed E-state index contributed by atoms with van der Waals surface area (Å²) in [4.78, 5) is 28.1. The molecule has 0 aliphatic carbocycles. The number of aromatic hydroxyl groups is 1. The molecule has 0 spiro atoms. The summed E-state index contributed by atoms with van der Waals surface area (Å²) in [5.41, 5.74) is 0.871. The summed E-state index contributed by atoms with van der Waals surface area (Å²) in [7, 11) is 0. The number of aliphatic hydroxyl groups is 1. The van der Waals surface area contributed by atoms with Crippen LogP contribution in [-0.2, 0) is 11.3 Å². The Hall–Kier alpha value is -4.46. The van der Waals surface area contributed by atoms with Crippen molar-refractivity contribution in [2.24, 2.45) is 0 Å². The van der Waals surface area contributed by atoms with Crippen molar-refractivity contribution in [2.45, 2.75) is 19.5 Å². The third-order valence-corrected chi connectivity index (χ3v) is 5.70. The van der Waals surface area contributed by atoms with E-state index in [2.05, 4.69) is 0 Å². The number of ether oxygens (including phenoxy) is 1. The van der Waals surface area contributed by atoms with Gasteiger partial charge in [-0.2, -0.15) is 0 Å². The molecule has 0 saturated carbocycles. The highest BCUT2D eigenvalue weighted by atomic mass is 16.5. The van der Waals surface area contributed by atoms with Crippen LogP contribution in [0.4, 0.5) is 0 Å². The predicted octanol–water partition coefficient (Wildman–Crippen LogP) is 4.91. The van der Waals surface area contributed by atoms with Gasteiger partial charge < -0.3 is 28.7 Å². The van der Waals surface area contributed by atoms with Gasteiger partial charge in [-0.1, -0.05) is 24.3 Å². The number of benzene rings is 2. The molecule has 34 heavy (non-hydrogen) atoms. The molecule has 1 atom stereocenters. The van der Waals surface area contributed by atoms with Gasteiger partial charge in [-0.3, -0.25) is 9.59 Å². The zero-order valence-corrected chi connectivity index (χ0v) is 18.2. The standard InChI is InChI=1S/C26H21NO7/c1-2-32-20-13-16(9-10-18(20)28)23-22(24(29)21-12-15-6-3-4-8-19(15)34-21)25(30)26(31)27(23)14-17-7-5-11-33-17/h3-13,23,28,30H,2,14H2,1H3/t23-/m0/s1. The quantitative estimate of drug-likeness (QED) is 0.378. The van der Waals surface area contributed by atoms with Crippen molar-refractivity contribution in [1.29, 1.82) is 0 Å². The van der Waals surface area contributed by atoms with Gasteiger partial charge in [0, 0.05) is 5.39 Å². The number of carbonyl (C=O) groups is 2. The zero-order valence-electron chi connectivity index (χ0n) is 18.2. The Morgan fingerprint density at radius 2 is 1.91 bits per heavy atom. The molecule has 8 nitrogen and oxygen atoms in total. The monoisotopic (exact) mass is 459 g/mol. The highest BCUT2D eigenvalue weighted by molar-refractivity contribution is 6.16. The number of nitrogens with zero attached hydrogens (tertiary/aromatic N) is 1. The van der Waals surface area contributed by atoms with Crippen LogP contribution in [0.15, 0.2) is 87.1 Å². The van der Waals surface area contributed by atoms with Crippen LogP contribution in [0, 0.1) is 0 Å². The fraction of sp³-hybridized carbons (Fsp3) is 0.154. The number of carbonyl (C=O) groups excluding carboxylic acids is 2. The van der Waals surface area contributed by atoms with Gasteiger partial charge in [-0.05, 0) is 48.9 Å². The number of ketones is 1. The Kier molecular flexibility index (Phi) is 5.33. The van der Waals surface area contributed by atoms with Crippen molar-refractivity contribution >= 4 is 22.7 Å². The Morgan fingerprint density at radius 1 is 1.09 bits per heavy atom. The lowest BCUT2D eigenvalue weighted by atomic mass is 9.94. The van der Waals surface area contributed by atoms with E-state index < -0.39 is 23.5 Å². The van der Waals surface area contributed by atoms with Crippen LogP contribution in [0.2, 0.25) is 0 Å². The smallest absolute Gasteiger partial charge is 0.290 e. The lowest BCUT2D eigenvalue weighted by molar-refractivity contribution is -0.130. The summed E-state index contributed by atoms with van der Waals surface area (Å²) >= 11 is 0. The van der Waals surface area contributed by atoms with Gasteiger partial charge >= 0.3 is 0 Å². The summed E-state index contributed by atoms with van der Waals surface area (Å²) < 4.78 is 16.6. The number of furan rings is 2. The second kappa shape index (κ2) is 8.47. The molecule has 1 aliphatic rings. The largest absolute Gasteiger partial charge is 0.504 e. The number of amides is 1. The number of rotatable bonds is 7. The summed E-state index contributed by atoms with van der Waals surface area (Å²) in [6.45, 7) is 2.10. The van der Waals surface area contributed by atoms with E-state index >= 15 is 0 Å². The number of para-hydroxylation sites is 1. The lowest BCUT2D eigenvalue weighted by Crippen LogP contribution is -2.30. The SMILES string of the molecule is CCOc1cc([C@H]2C(C(=O)c3cc4ccccc4o3)=C(O)C(=O)N2Cc2ccco2)ccc1O. The van der Waals surface area contributed by atoms with Crippen molar-refractivity contribution in [3.63, 3.8) is 0 Å². The molecule has 5 rings (SSSR count). The van der Waals surface area contributed by atoms with E-state index in [1.807, 2.05) is 6.07 Å². The van der Waals surface area contributed by atoms with Crippen molar-refractivity contribution in [1.82, 2.24) is 4.90 Å². The van der Waals surface area contributed by atoms with Crippen LogP contribution >= 0.6 is 0 Å².